The van der Waals surface area contributed by atoms with Gasteiger partial charge in [-0.25, -0.2) is 13.4 Å². The number of anilines is 2. The number of rotatable bonds is 9. The molecular weight excluding hydrogens is 520 g/mol. The number of carboxylic acid groups (broad SMARTS) is 1. The van der Waals surface area contributed by atoms with Crippen molar-refractivity contribution in [1.29, 1.82) is 0 Å². The maximum absolute atomic E-state index is 12.9. The summed E-state index contributed by atoms with van der Waals surface area (Å²) in [6, 6.07) is 22.4. The van der Waals surface area contributed by atoms with Crippen LogP contribution in [0, 0.1) is 0 Å². The molecule has 1 unspecified atom stereocenters. The van der Waals surface area contributed by atoms with Crippen molar-refractivity contribution >= 4 is 44.6 Å². The second-order valence-corrected chi connectivity index (χ2v) is 10.9. The van der Waals surface area contributed by atoms with Gasteiger partial charge in [-0.2, -0.15) is 4.72 Å². The van der Waals surface area contributed by atoms with Gasteiger partial charge in [-0.3, -0.25) is 9.59 Å². The first kappa shape index (κ1) is 26.2. The molecule has 5 rings (SSSR count). The van der Waals surface area contributed by atoms with E-state index in [4.69, 9.17) is 0 Å². The second-order valence-electron chi connectivity index (χ2n) is 9.16. The third-order valence-electron chi connectivity index (χ3n) is 6.49. The summed E-state index contributed by atoms with van der Waals surface area (Å²) in [5.74, 6) is -0.992. The molecule has 39 heavy (non-hydrogen) atoms. The van der Waals surface area contributed by atoms with Crippen molar-refractivity contribution in [3.8, 4) is 0 Å². The maximum atomic E-state index is 12.9. The fourth-order valence-corrected chi connectivity index (χ4v) is 5.65. The molecule has 1 aliphatic rings. The van der Waals surface area contributed by atoms with Crippen LogP contribution in [0.5, 0.6) is 0 Å². The summed E-state index contributed by atoms with van der Waals surface area (Å²) in [6.45, 7) is 3.09. The number of benzene rings is 3. The van der Waals surface area contributed by atoms with Gasteiger partial charge in [-0.1, -0.05) is 30.3 Å². The van der Waals surface area contributed by atoms with E-state index in [1.807, 2.05) is 36.4 Å². The zero-order valence-electron chi connectivity index (χ0n) is 20.9. The lowest BCUT2D eigenvalue weighted by atomic mass is 10.1. The molecule has 1 amide bonds. The largest absolute Gasteiger partial charge is 0.481 e. The van der Waals surface area contributed by atoms with Crippen LogP contribution >= 0.6 is 0 Å². The third kappa shape index (κ3) is 6.19. The SMILES string of the molecule is O=C(O)CC(NC(=O)c1ccc(N2CCN(c3nc4ccccc4[nH]3)CC2)cc1)NS(=O)(=O)c1ccccc1. The van der Waals surface area contributed by atoms with E-state index < -0.39 is 34.5 Å². The predicted molar refractivity (Wildman–Crippen MR) is 147 cm³/mol. The van der Waals surface area contributed by atoms with Gasteiger partial charge in [0.1, 0.15) is 6.17 Å². The standard InChI is InChI=1S/C27H28N6O5S/c34-25(35)18-24(31-39(37,38)21-6-2-1-3-7-21)30-26(36)19-10-12-20(13-11-19)32-14-16-33(17-15-32)27-28-22-8-4-5-9-23(22)29-27/h1-13,24,31H,14-18H2,(H,28,29)(H,30,36)(H,34,35). The van der Waals surface area contributed by atoms with Crippen molar-refractivity contribution < 1.29 is 23.1 Å². The van der Waals surface area contributed by atoms with Gasteiger partial charge >= 0.3 is 5.97 Å². The minimum atomic E-state index is -4.03. The van der Waals surface area contributed by atoms with Gasteiger partial charge in [-0.15, -0.1) is 0 Å². The molecule has 11 nitrogen and oxygen atoms in total. The number of piperazine rings is 1. The highest BCUT2D eigenvalue weighted by Crippen LogP contribution is 2.22. The van der Waals surface area contributed by atoms with Crippen LogP contribution in [-0.2, 0) is 14.8 Å². The Labute approximate surface area is 225 Å². The van der Waals surface area contributed by atoms with Gasteiger partial charge < -0.3 is 25.2 Å². The summed E-state index contributed by atoms with van der Waals surface area (Å²) in [7, 11) is -4.03. The summed E-state index contributed by atoms with van der Waals surface area (Å²) < 4.78 is 27.6. The number of amides is 1. The Morgan fingerprint density at radius 1 is 0.897 bits per heavy atom. The second kappa shape index (κ2) is 11.1. The van der Waals surface area contributed by atoms with Crippen LogP contribution in [0.2, 0.25) is 0 Å². The first-order valence-corrected chi connectivity index (χ1v) is 13.9. The molecule has 0 spiro atoms. The van der Waals surface area contributed by atoms with Crippen LogP contribution in [-0.4, -0.2) is 67.7 Å². The molecule has 12 heteroatoms. The number of fused-ring (bicyclic) bond motifs is 1. The van der Waals surface area contributed by atoms with E-state index in [9.17, 15) is 23.1 Å². The molecule has 4 aromatic rings. The van der Waals surface area contributed by atoms with E-state index in [-0.39, 0.29) is 10.5 Å². The highest BCUT2D eigenvalue weighted by molar-refractivity contribution is 7.89. The van der Waals surface area contributed by atoms with Gasteiger partial charge in [0.2, 0.25) is 16.0 Å². The van der Waals surface area contributed by atoms with Gasteiger partial charge in [0.15, 0.2) is 0 Å². The Kier molecular flexibility index (Phi) is 7.48. The smallest absolute Gasteiger partial charge is 0.306 e. The zero-order chi connectivity index (χ0) is 27.4. The lowest BCUT2D eigenvalue weighted by molar-refractivity contribution is -0.137. The minimum absolute atomic E-state index is 0.0283. The van der Waals surface area contributed by atoms with E-state index >= 15 is 0 Å². The summed E-state index contributed by atoms with van der Waals surface area (Å²) in [4.78, 5) is 36.6. The van der Waals surface area contributed by atoms with Crippen LogP contribution < -0.4 is 19.8 Å². The maximum Gasteiger partial charge on any atom is 0.306 e. The van der Waals surface area contributed by atoms with Crippen molar-refractivity contribution in [3.63, 3.8) is 0 Å². The minimum Gasteiger partial charge on any atom is -0.481 e. The van der Waals surface area contributed by atoms with Crippen molar-refractivity contribution in [1.82, 2.24) is 20.0 Å². The van der Waals surface area contributed by atoms with Crippen molar-refractivity contribution in [2.75, 3.05) is 36.0 Å². The monoisotopic (exact) mass is 548 g/mol. The van der Waals surface area contributed by atoms with Crippen molar-refractivity contribution in [2.45, 2.75) is 17.5 Å². The van der Waals surface area contributed by atoms with Gasteiger partial charge in [-0.05, 0) is 48.5 Å². The van der Waals surface area contributed by atoms with Crippen LogP contribution in [0.15, 0.2) is 83.8 Å². The Morgan fingerprint density at radius 3 is 2.21 bits per heavy atom. The van der Waals surface area contributed by atoms with E-state index in [1.54, 1.807) is 30.3 Å². The lowest BCUT2D eigenvalue weighted by Crippen LogP contribution is -2.49. The Hall–Kier alpha value is -4.42. The summed E-state index contributed by atoms with van der Waals surface area (Å²) >= 11 is 0. The molecule has 1 fully saturated rings. The number of carbonyl (C=O) groups is 2. The first-order valence-electron chi connectivity index (χ1n) is 12.4. The zero-order valence-corrected chi connectivity index (χ0v) is 21.8. The topological polar surface area (TPSA) is 148 Å². The molecule has 2 heterocycles. The molecule has 1 aromatic heterocycles. The number of sulfonamides is 1. The molecule has 3 aromatic carbocycles. The fraction of sp³-hybridized carbons (Fsp3) is 0.222. The molecule has 1 atom stereocenters. The molecule has 0 bridgehead atoms. The molecule has 0 aliphatic carbocycles. The lowest BCUT2D eigenvalue weighted by Gasteiger charge is -2.36. The number of imidazole rings is 1. The van der Waals surface area contributed by atoms with Crippen LogP contribution in [0.4, 0.5) is 11.6 Å². The van der Waals surface area contributed by atoms with Crippen molar-refractivity contribution in [3.05, 3.63) is 84.4 Å². The van der Waals surface area contributed by atoms with Gasteiger partial charge in [0.25, 0.3) is 5.91 Å². The predicted octanol–water partition coefficient (Wildman–Crippen LogP) is 2.40. The average molecular weight is 549 g/mol. The van der Waals surface area contributed by atoms with E-state index in [1.165, 1.54) is 12.1 Å². The van der Waals surface area contributed by atoms with Gasteiger partial charge in [0.05, 0.1) is 22.3 Å². The summed E-state index contributed by atoms with van der Waals surface area (Å²) in [6.07, 6.45) is -1.95. The summed E-state index contributed by atoms with van der Waals surface area (Å²) in [5.41, 5.74) is 3.17. The van der Waals surface area contributed by atoms with Crippen LogP contribution in [0.3, 0.4) is 0 Å². The number of carboxylic acids is 1. The van der Waals surface area contributed by atoms with Crippen LogP contribution in [0.25, 0.3) is 11.0 Å². The Balaban J connectivity index is 1.20. The average Bonchev–Trinajstić information content (AvgIpc) is 3.38. The number of hydrogen-bond donors (Lipinski definition) is 4. The number of nitrogens with zero attached hydrogens (tertiary/aromatic N) is 3. The Bertz CT molecular complexity index is 1530. The third-order valence-corrected chi connectivity index (χ3v) is 7.97. The van der Waals surface area contributed by atoms with Crippen LogP contribution in [0.1, 0.15) is 16.8 Å². The normalized spacial score (nSPS) is 14.8. The number of para-hydroxylation sites is 2. The van der Waals surface area contributed by atoms with E-state index in [0.717, 1.165) is 48.8 Å². The summed E-state index contributed by atoms with van der Waals surface area (Å²) in [5, 5.41) is 11.7. The molecule has 202 valence electrons. The Morgan fingerprint density at radius 2 is 1.54 bits per heavy atom. The molecule has 0 saturated carbocycles. The number of H-pyrrole nitrogens is 1. The van der Waals surface area contributed by atoms with E-state index in [2.05, 4.69) is 29.8 Å². The molecule has 4 N–H and O–H groups in total. The highest BCUT2D eigenvalue weighted by atomic mass is 32.2. The van der Waals surface area contributed by atoms with Gasteiger partial charge in [0, 0.05) is 37.4 Å². The fourth-order valence-electron chi connectivity index (χ4n) is 4.48. The van der Waals surface area contributed by atoms with E-state index in [0.29, 0.717) is 0 Å². The molecule has 0 radical (unpaired) electrons. The number of carbonyl (C=O) groups excluding carboxylic acids is 1. The molecular formula is C27H28N6O5S. The quantitative estimate of drug-likeness (QED) is 0.233. The highest BCUT2D eigenvalue weighted by Gasteiger charge is 2.25. The van der Waals surface area contributed by atoms with Crippen molar-refractivity contribution in [2.24, 2.45) is 0 Å². The molecule has 1 saturated heterocycles. The number of nitrogens with one attached hydrogen (secondary N) is 3. The molecule has 1 aliphatic heterocycles. The number of aromatic amines is 1. The first-order chi connectivity index (χ1) is 18.8. The number of aromatic nitrogens is 2. The number of aliphatic carboxylic acids is 1. The number of hydrogen-bond acceptors (Lipinski definition) is 7.